The minimum Gasteiger partial charge on any atom is -0.370 e. The van der Waals surface area contributed by atoms with Gasteiger partial charge in [-0.2, -0.15) is 0 Å². The molecule has 0 aliphatic carbocycles. The first-order chi connectivity index (χ1) is 9.09. The number of nitrogens with zero attached hydrogens (tertiary/aromatic N) is 1. The van der Waals surface area contributed by atoms with Gasteiger partial charge in [0, 0.05) is 30.3 Å². The molecular formula is C16H19ClN2. The Bertz CT molecular complexity index is 552. The van der Waals surface area contributed by atoms with Crippen molar-refractivity contribution in [1.82, 2.24) is 0 Å². The number of nitrogens with two attached hydrogens (primary N) is 1. The zero-order valence-electron chi connectivity index (χ0n) is 11.3. The number of rotatable bonds is 4. The highest BCUT2D eigenvalue weighted by atomic mass is 35.5. The van der Waals surface area contributed by atoms with Crippen LogP contribution >= 0.6 is 11.6 Å². The second-order valence-electron chi connectivity index (χ2n) is 4.79. The number of anilines is 1. The van der Waals surface area contributed by atoms with E-state index in [0.29, 0.717) is 0 Å². The van der Waals surface area contributed by atoms with Crippen LogP contribution in [-0.2, 0) is 6.54 Å². The number of benzene rings is 2. The van der Waals surface area contributed by atoms with Crippen molar-refractivity contribution in [3.05, 3.63) is 64.7 Å². The quantitative estimate of drug-likeness (QED) is 0.913. The van der Waals surface area contributed by atoms with Gasteiger partial charge in [0.05, 0.1) is 0 Å². The van der Waals surface area contributed by atoms with E-state index in [1.165, 1.54) is 0 Å². The maximum Gasteiger partial charge on any atom is 0.0455 e. The summed E-state index contributed by atoms with van der Waals surface area (Å²) in [6.45, 7) is 2.77. The normalized spacial score (nSPS) is 12.2. The molecule has 2 nitrogen and oxygen atoms in total. The van der Waals surface area contributed by atoms with Crippen LogP contribution < -0.4 is 10.6 Å². The van der Waals surface area contributed by atoms with Crippen molar-refractivity contribution in [1.29, 1.82) is 0 Å². The first-order valence-corrected chi connectivity index (χ1v) is 6.76. The van der Waals surface area contributed by atoms with Crippen LogP contribution in [0.1, 0.15) is 24.1 Å². The fraction of sp³-hybridized carbons (Fsp3) is 0.250. The predicted molar refractivity (Wildman–Crippen MR) is 82.6 cm³/mol. The summed E-state index contributed by atoms with van der Waals surface area (Å²) in [5.41, 5.74) is 9.44. The highest BCUT2D eigenvalue weighted by molar-refractivity contribution is 6.31. The Hall–Kier alpha value is -1.51. The Labute approximate surface area is 119 Å². The summed E-state index contributed by atoms with van der Waals surface area (Å²) < 4.78 is 0. The first kappa shape index (κ1) is 13.9. The second-order valence-corrected chi connectivity index (χ2v) is 5.20. The zero-order chi connectivity index (χ0) is 13.8. The van der Waals surface area contributed by atoms with Crippen molar-refractivity contribution < 1.29 is 0 Å². The van der Waals surface area contributed by atoms with Crippen LogP contribution in [0.25, 0.3) is 0 Å². The summed E-state index contributed by atoms with van der Waals surface area (Å²) in [4.78, 5) is 2.18. The molecule has 2 N–H and O–H groups in total. The molecule has 0 bridgehead atoms. The maximum absolute atomic E-state index is 6.21. The fourth-order valence-corrected chi connectivity index (χ4v) is 2.38. The minimum atomic E-state index is 0.0184. The van der Waals surface area contributed by atoms with E-state index in [-0.39, 0.29) is 6.04 Å². The molecule has 3 heteroatoms. The first-order valence-electron chi connectivity index (χ1n) is 6.38. The highest BCUT2D eigenvalue weighted by Crippen LogP contribution is 2.26. The van der Waals surface area contributed by atoms with Crippen LogP contribution in [0, 0.1) is 0 Å². The van der Waals surface area contributed by atoms with Gasteiger partial charge in [0.15, 0.2) is 0 Å². The number of halogens is 1. The third kappa shape index (κ3) is 3.28. The molecule has 0 amide bonds. The SMILES string of the molecule is C[C@H](N)c1ccccc1N(C)Cc1ccccc1Cl. The highest BCUT2D eigenvalue weighted by Gasteiger charge is 2.11. The third-order valence-electron chi connectivity index (χ3n) is 3.20. The fourth-order valence-electron chi connectivity index (χ4n) is 2.19. The molecule has 1 atom stereocenters. The molecule has 0 radical (unpaired) electrons. The molecular weight excluding hydrogens is 256 g/mol. The van der Waals surface area contributed by atoms with E-state index in [0.717, 1.165) is 28.4 Å². The average Bonchev–Trinajstić information content (AvgIpc) is 2.41. The van der Waals surface area contributed by atoms with Crippen LogP contribution in [0.2, 0.25) is 5.02 Å². The largest absolute Gasteiger partial charge is 0.370 e. The Kier molecular flexibility index (Phi) is 4.46. The molecule has 0 saturated heterocycles. The van der Waals surface area contributed by atoms with Gasteiger partial charge in [0.2, 0.25) is 0 Å². The second kappa shape index (κ2) is 6.09. The van der Waals surface area contributed by atoms with Crippen LogP contribution in [0.5, 0.6) is 0 Å². The molecule has 0 fully saturated rings. The maximum atomic E-state index is 6.21. The molecule has 2 rings (SSSR count). The van der Waals surface area contributed by atoms with Gasteiger partial charge in [-0.1, -0.05) is 48.0 Å². The number of para-hydroxylation sites is 1. The van der Waals surface area contributed by atoms with E-state index in [1.54, 1.807) is 0 Å². The van der Waals surface area contributed by atoms with E-state index in [1.807, 2.05) is 43.3 Å². The summed E-state index contributed by atoms with van der Waals surface area (Å²) in [5, 5.41) is 0.799. The number of hydrogen-bond donors (Lipinski definition) is 1. The van der Waals surface area contributed by atoms with E-state index in [4.69, 9.17) is 17.3 Å². The van der Waals surface area contributed by atoms with Crippen molar-refractivity contribution in [2.24, 2.45) is 5.73 Å². The third-order valence-corrected chi connectivity index (χ3v) is 3.57. The smallest absolute Gasteiger partial charge is 0.0455 e. The number of hydrogen-bond acceptors (Lipinski definition) is 2. The molecule has 2 aromatic rings. The molecule has 0 aromatic heterocycles. The molecule has 0 heterocycles. The Morgan fingerprint density at radius 1 is 1.11 bits per heavy atom. The summed E-state index contributed by atoms with van der Waals surface area (Å²) >= 11 is 6.21. The van der Waals surface area contributed by atoms with Gasteiger partial charge in [-0.25, -0.2) is 0 Å². The van der Waals surface area contributed by atoms with E-state index in [9.17, 15) is 0 Å². The molecule has 0 unspecified atom stereocenters. The Balaban J connectivity index is 2.26. The van der Waals surface area contributed by atoms with Gasteiger partial charge in [-0.05, 0) is 30.2 Å². The molecule has 0 aliphatic heterocycles. The van der Waals surface area contributed by atoms with Gasteiger partial charge in [0.1, 0.15) is 0 Å². The van der Waals surface area contributed by atoms with Gasteiger partial charge < -0.3 is 10.6 Å². The lowest BCUT2D eigenvalue weighted by Gasteiger charge is -2.24. The zero-order valence-corrected chi connectivity index (χ0v) is 12.1. The molecule has 0 saturated carbocycles. The van der Waals surface area contributed by atoms with E-state index in [2.05, 4.69) is 24.1 Å². The molecule has 19 heavy (non-hydrogen) atoms. The van der Waals surface area contributed by atoms with Crippen LogP contribution in [0.15, 0.2) is 48.5 Å². The van der Waals surface area contributed by atoms with Gasteiger partial charge in [-0.3, -0.25) is 0 Å². The summed E-state index contributed by atoms with van der Waals surface area (Å²) in [6, 6.07) is 16.2. The molecule has 0 aliphatic rings. The average molecular weight is 275 g/mol. The van der Waals surface area contributed by atoms with E-state index < -0.39 is 0 Å². The van der Waals surface area contributed by atoms with Crippen LogP contribution in [-0.4, -0.2) is 7.05 Å². The molecule has 2 aromatic carbocycles. The minimum absolute atomic E-state index is 0.0184. The predicted octanol–water partition coefficient (Wildman–Crippen LogP) is 4.00. The lowest BCUT2D eigenvalue weighted by molar-refractivity contribution is 0.801. The molecule has 0 spiro atoms. The Morgan fingerprint density at radius 2 is 1.74 bits per heavy atom. The van der Waals surface area contributed by atoms with Crippen LogP contribution in [0.3, 0.4) is 0 Å². The summed E-state index contributed by atoms with van der Waals surface area (Å²) in [7, 11) is 2.06. The van der Waals surface area contributed by atoms with E-state index >= 15 is 0 Å². The van der Waals surface area contributed by atoms with Crippen LogP contribution in [0.4, 0.5) is 5.69 Å². The van der Waals surface area contributed by atoms with Crippen molar-refractivity contribution in [2.45, 2.75) is 19.5 Å². The lowest BCUT2D eigenvalue weighted by atomic mass is 10.1. The standard InChI is InChI=1S/C16H19ClN2/c1-12(18)14-8-4-6-10-16(14)19(2)11-13-7-3-5-9-15(13)17/h3-10,12H,11,18H2,1-2H3/t12-/m0/s1. The van der Waals surface area contributed by atoms with Gasteiger partial charge in [0.25, 0.3) is 0 Å². The Morgan fingerprint density at radius 3 is 2.42 bits per heavy atom. The summed E-state index contributed by atoms with van der Waals surface area (Å²) in [5.74, 6) is 0. The van der Waals surface area contributed by atoms with Gasteiger partial charge in [-0.15, -0.1) is 0 Å². The van der Waals surface area contributed by atoms with Crippen molar-refractivity contribution >= 4 is 17.3 Å². The van der Waals surface area contributed by atoms with Crippen molar-refractivity contribution in [3.8, 4) is 0 Å². The topological polar surface area (TPSA) is 29.3 Å². The lowest BCUT2D eigenvalue weighted by Crippen LogP contribution is -2.20. The summed E-state index contributed by atoms with van der Waals surface area (Å²) in [6.07, 6.45) is 0. The molecule has 100 valence electrons. The van der Waals surface area contributed by atoms with Gasteiger partial charge >= 0.3 is 0 Å². The van der Waals surface area contributed by atoms with Crippen molar-refractivity contribution in [2.75, 3.05) is 11.9 Å². The van der Waals surface area contributed by atoms with Crippen molar-refractivity contribution in [3.63, 3.8) is 0 Å². The monoisotopic (exact) mass is 274 g/mol.